The lowest BCUT2D eigenvalue weighted by molar-refractivity contribution is 0.0529. The summed E-state index contributed by atoms with van der Waals surface area (Å²) in [6, 6.07) is 10.4. The first-order chi connectivity index (χ1) is 11.6. The predicted octanol–water partition coefficient (Wildman–Crippen LogP) is 2.65. The molecule has 0 heterocycles. The predicted molar refractivity (Wildman–Crippen MR) is 103 cm³/mol. The van der Waals surface area contributed by atoms with Gasteiger partial charge in [0.25, 0.3) is 0 Å². The van der Waals surface area contributed by atoms with Gasteiger partial charge < -0.3 is 20.7 Å². The van der Waals surface area contributed by atoms with Gasteiger partial charge in [-0.05, 0) is 26.3 Å². The Balaban J connectivity index is 2.35. The summed E-state index contributed by atoms with van der Waals surface area (Å²) in [5.41, 5.74) is 0.760. The fourth-order valence-electron chi connectivity index (χ4n) is 2.18. The fraction of sp³-hybridized carbons (Fsp3) is 0.579. The molecule has 1 amide bonds. The molecular weight excluding hydrogens is 316 g/mol. The summed E-state index contributed by atoms with van der Waals surface area (Å²) in [5.74, 6) is 0.704. The Morgan fingerprint density at radius 3 is 2.16 bits per heavy atom. The van der Waals surface area contributed by atoms with Crippen molar-refractivity contribution >= 4 is 12.1 Å². The van der Waals surface area contributed by atoms with Crippen LogP contribution in [0.3, 0.4) is 0 Å². The SMILES string of the molecule is CN=C(NCCNC(=O)OC(C)(C)C)NCC(C)(C)c1ccccc1. The summed E-state index contributed by atoms with van der Waals surface area (Å²) in [4.78, 5) is 15.8. The molecule has 6 nitrogen and oxygen atoms in total. The van der Waals surface area contributed by atoms with E-state index in [4.69, 9.17) is 4.74 Å². The van der Waals surface area contributed by atoms with Gasteiger partial charge in [-0.25, -0.2) is 4.79 Å². The van der Waals surface area contributed by atoms with Crippen LogP contribution in [0.5, 0.6) is 0 Å². The van der Waals surface area contributed by atoms with Crippen LogP contribution in [0.2, 0.25) is 0 Å². The van der Waals surface area contributed by atoms with Crippen molar-refractivity contribution in [3.8, 4) is 0 Å². The molecule has 1 aromatic carbocycles. The third-order valence-electron chi connectivity index (χ3n) is 3.56. The van der Waals surface area contributed by atoms with E-state index in [0.29, 0.717) is 19.0 Å². The Hall–Kier alpha value is -2.24. The number of nitrogens with zero attached hydrogens (tertiary/aromatic N) is 1. The van der Waals surface area contributed by atoms with E-state index in [2.05, 4.69) is 46.9 Å². The molecule has 1 aromatic rings. The minimum Gasteiger partial charge on any atom is -0.444 e. The van der Waals surface area contributed by atoms with E-state index >= 15 is 0 Å². The lowest BCUT2D eigenvalue weighted by Gasteiger charge is -2.26. The molecule has 0 bridgehead atoms. The molecule has 140 valence electrons. The number of carbonyl (C=O) groups excluding carboxylic acids is 1. The Morgan fingerprint density at radius 1 is 1.00 bits per heavy atom. The minimum absolute atomic E-state index is 0.0202. The van der Waals surface area contributed by atoms with Crippen molar-refractivity contribution < 1.29 is 9.53 Å². The van der Waals surface area contributed by atoms with Crippen LogP contribution in [0.1, 0.15) is 40.2 Å². The molecule has 0 radical (unpaired) electrons. The molecule has 0 unspecified atom stereocenters. The Morgan fingerprint density at radius 2 is 1.60 bits per heavy atom. The number of rotatable bonds is 6. The summed E-state index contributed by atoms with van der Waals surface area (Å²) in [7, 11) is 1.73. The first-order valence-electron chi connectivity index (χ1n) is 8.61. The number of nitrogens with one attached hydrogen (secondary N) is 3. The number of aliphatic imine (C=N–C) groups is 1. The van der Waals surface area contributed by atoms with Gasteiger partial charge in [0.15, 0.2) is 5.96 Å². The third kappa shape index (κ3) is 8.42. The van der Waals surface area contributed by atoms with Crippen molar-refractivity contribution in [3.05, 3.63) is 35.9 Å². The molecule has 1 rings (SSSR count). The highest BCUT2D eigenvalue weighted by Crippen LogP contribution is 2.21. The van der Waals surface area contributed by atoms with Crippen molar-refractivity contribution in [2.75, 3.05) is 26.7 Å². The number of benzene rings is 1. The summed E-state index contributed by atoms with van der Waals surface area (Å²) >= 11 is 0. The van der Waals surface area contributed by atoms with Gasteiger partial charge in [-0.15, -0.1) is 0 Å². The van der Waals surface area contributed by atoms with Crippen molar-refractivity contribution in [2.24, 2.45) is 4.99 Å². The molecule has 3 N–H and O–H groups in total. The summed E-state index contributed by atoms with van der Waals surface area (Å²) in [6.07, 6.45) is -0.414. The maximum Gasteiger partial charge on any atom is 0.407 e. The second kappa shape index (κ2) is 9.30. The van der Waals surface area contributed by atoms with Crippen molar-refractivity contribution in [1.82, 2.24) is 16.0 Å². The van der Waals surface area contributed by atoms with Crippen LogP contribution in [-0.2, 0) is 10.2 Å². The average Bonchev–Trinajstić information content (AvgIpc) is 2.53. The van der Waals surface area contributed by atoms with E-state index in [-0.39, 0.29) is 5.41 Å². The van der Waals surface area contributed by atoms with E-state index in [1.54, 1.807) is 7.05 Å². The van der Waals surface area contributed by atoms with Crippen molar-refractivity contribution in [2.45, 2.75) is 45.6 Å². The fourth-order valence-corrected chi connectivity index (χ4v) is 2.18. The lowest BCUT2D eigenvalue weighted by atomic mass is 9.85. The quantitative estimate of drug-likeness (QED) is 0.420. The van der Waals surface area contributed by atoms with E-state index in [9.17, 15) is 4.79 Å². The van der Waals surface area contributed by atoms with Gasteiger partial charge >= 0.3 is 6.09 Å². The van der Waals surface area contributed by atoms with Gasteiger partial charge in [0.05, 0.1) is 0 Å². The van der Waals surface area contributed by atoms with Gasteiger partial charge in [0.1, 0.15) is 5.60 Å². The molecule has 0 atom stereocenters. The minimum atomic E-state index is -0.488. The Bertz CT molecular complexity index is 563. The molecule has 0 saturated carbocycles. The smallest absolute Gasteiger partial charge is 0.407 e. The monoisotopic (exact) mass is 348 g/mol. The largest absolute Gasteiger partial charge is 0.444 e. The van der Waals surface area contributed by atoms with Crippen LogP contribution in [0.4, 0.5) is 4.79 Å². The molecule has 0 saturated heterocycles. The van der Waals surface area contributed by atoms with Gasteiger partial charge in [0, 0.05) is 32.1 Å². The molecule has 0 spiro atoms. The molecule has 0 fully saturated rings. The molecule has 0 aliphatic heterocycles. The topological polar surface area (TPSA) is 74.8 Å². The lowest BCUT2D eigenvalue weighted by Crippen LogP contribution is -2.45. The van der Waals surface area contributed by atoms with E-state index < -0.39 is 11.7 Å². The zero-order valence-electron chi connectivity index (χ0n) is 16.3. The number of carbonyl (C=O) groups is 1. The highest BCUT2D eigenvalue weighted by molar-refractivity contribution is 5.79. The number of ether oxygens (including phenoxy) is 1. The maximum atomic E-state index is 11.6. The highest BCUT2D eigenvalue weighted by atomic mass is 16.6. The summed E-state index contributed by atoms with van der Waals surface area (Å²) in [6.45, 7) is 11.7. The van der Waals surface area contributed by atoms with E-state index in [1.807, 2.05) is 39.0 Å². The van der Waals surface area contributed by atoms with E-state index in [0.717, 1.165) is 6.54 Å². The molecule has 0 aliphatic rings. The van der Waals surface area contributed by atoms with Crippen LogP contribution in [0.25, 0.3) is 0 Å². The first-order valence-corrected chi connectivity index (χ1v) is 8.61. The Kier molecular flexibility index (Phi) is 7.74. The van der Waals surface area contributed by atoms with Crippen molar-refractivity contribution in [3.63, 3.8) is 0 Å². The molecule has 6 heteroatoms. The van der Waals surface area contributed by atoms with Gasteiger partial charge in [-0.1, -0.05) is 44.2 Å². The number of guanidine groups is 1. The van der Waals surface area contributed by atoms with Crippen LogP contribution in [-0.4, -0.2) is 44.3 Å². The van der Waals surface area contributed by atoms with Crippen molar-refractivity contribution in [1.29, 1.82) is 0 Å². The van der Waals surface area contributed by atoms with Gasteiger partial charge in [0.2, 0.25) is 0 Å². The molecular formula is C19H32N4O2. The van der Waals surface area contributed by atoms with Crippen LogP contribution in [0, 0.1) is 0 Å². The van der Waals surface area contributed by atoms with E-state index in [1.165, 1.54) is 5.56 Å². The molecule has 0 aliphatic carbocycles. The zero-order valence-corrected chi connectivity index (χ0v) is 16.3. The van der Waals surface area contributed by atoms with Gasteiger partial charge in [-0.2, -0.15) is 0 Å². The first kappa shape index (κ1) is 20.8. The average molecular weight is 348 g/mol. The number of hydrogen-bond donors (Lipinski definition) is 3. The van der Waals surface area contributed by atoms with Crippen LogP contribution in [0.15, 0.2) is 35.3 Å². The standard InChI is InChI=1S/C19H32N4O2/c1-18(2,3)25-17(24)22-13-12-21-16(20-6)23-14-19(4,5)15-10-8-7-9-11-15/h7-11H,12-14H2,1-6H3,(H,22,24)(H2,20,21,23). The number of amides is 1. The summed E-state index contributed by atoms with van der Waals surface area (Å²) < 4.78 is 5.19. The van der Waals surface area contributed by atoms with Gasteiger partial charge in [-0.3, -0.25) is 4.99 Å². The second-order valence-corrected chi connectivity index (χ2v) is 7.53. The zero-order chi connectivity index (χ0) is 18.9. The number of hydrogen-bond acceptors (Lipinski definition) is 3. The second-order valence-electron chi connectivity index (χ2n) is 7.53. The highest BCUT2D eigenvalue weighted by Gasteiger charge is 2.20. The summed E-state index contributed by atoms with van der Waals surface area (Å²) in [5, 5.41) is 9.22. The van der Waals surface area contributed by atoms with Crippen LogP contribution >= 0.6 is 0 Å². The maximum absolute atomic E-state index is 11.6. The number of alkyl carbamates (subject to hydrolysis) is 1. The normalized spacial score (nSPS) is 12.5. The molecule has 25 heavy (non-hydrogen) atoms. The molecule has 0 aromatic heterocycles. The van der Waals surface area contributed by atoms with Crippen LogP contribution < -0.4 is 16.0 Å². The Labute approximate surface area is 151 Å². The third-order valence-corrected chi connectivity index (χ3v) is 3.56.